The number of carboxylic acids is 1. The Hall–Kier alpha value is -0.184. The van der Waals surface area contributed by atoms with Crippen molar-refractivity contribution < 1.29 is 61.3 Å². The number of nitrogens with zero attached hydrogens (tertiary/aromatic N) is 1. The Bertz CT molecular complexity index is 382. The number of hydrogen-bond acceptors (Lipinski definition) is 3. The van der Waals surface area contributed by atoms with Gasteiger partial charge in [-0.25, -0.2) is 0 Å². The van der Waals surface area contributed by atoms with Crippen molar-refractivity contribution in [3.8, 4) is 6.07 Å². The molecule has 0 aliphatic rings. The normalized spacial score (nSPS) is 8.57. The molecule has 14 heavy (non-hydrogen) atoms. The Morgan fingerprint density at radius 3 is 2.64 bits per heavy atom. The molecule has 0 saturated heterocycles. The summed E-state index contributed by atoms with van der Waals surface area (Å²) in [7, 11) is 0. The summed E-state index contributed by atoms with van der Waals surface area (Å²) < 4.78 is 0. The summed E-state index contributed by atoms with van der Waals surface area (Å²) in [6.07, 6.45) is 0.582. The number of carbonyl (C=O) groups is 1. The van der Waals surface area contributed by atoms with Crippen molar-refractivity contribution >= 4 is 5.97 Å². The standard InChI is InChI=1S/C10H9NO2.K/c1-2-8-5-7(6-11)3-4-9(8)10(12)13;/h3-5H,2H2,1H3,(H,12,13);/q;+1/p-1. The van der Waals surface area contributed by atoms with Gasteiger partial charge in [0, 0.05) is 5.56 Å². The van der Waals surface area contributed by atoms with Crippen molar-refractivity contribution in [1.29, 1.82) is 5.26 Å². The first-order valence-electron chi connectivity index (χ1n) is 3.93. The topological polar surface area (TPSA) is 63.9 Å². The van der Waals surface area contributed by atoms with Crippen molar-refractivity contribution in [3.63, 3.8) is 0 Å². The molecule has 0 fully saturated rings. The van der Waals surface area contributed by atoms with Crippen LogP contribution < -0.4 is 56.5 Å². The first-order chi connectivity index (χ1) is 6.19. The minimum absolute atomic E-state index is 0. The molecule has 66 valence electrons. The SMILES string of the molecule is CCc1cc(C#N)ccc1C(=O)[O-].[K+]. The Morgan fingerprint density at radius 1 is 1.57 bits per heavy atom. The molecule has 1 aromatic rings. The second kappa shape index (κ2) is 6.33. The number of aromatic carboxylic acids is 1. The van der Waals surface area contributed by atoms with Gasteiger partial charge in [0.15, 0.2) is 0 Å². The smallest absolute Gasteiger partial charge is 0.545 e. The van der Waals surface area contributed by atoms with Crippen LogP contribution in [0.25, 0.3) is 0 Å². The monoisotopic (exact) mass is 213 g/mol. The van der Waals surface area contributed by atoms with E-state index in [2.05, 4.69) is 0 Å². The van der Waals surface area contributed by atoms with E-state index in [9.17, 15) is 9.90 Å². The molecule has 0 saturated carbocycles. The Kier molecular flexibility index (Phi) is 6.25. The van der Waals surface area contributed by atoms with Crippen LogP contribution in [0, 0.1) is 11.3 Å². The van der Waals surface area contributed by atoms with Gasteiger partial charge in [0.1, 0.15) is 0 Å². The Labute approximate surface area is 125 Å². The number of nitriles is 1. The number of aryl methyl sites for hydroxylation is 1. The van der Waals surface area contributed by atoms with E-state index >= 15 is 0 Å². The molecule has 0 aliphatic heterocycles. The molecule has 0 heterocycles. The quantitative estimate of drug-likeness (QED) is 0.510. The van der Waals surface area contributed by atoms with Crippen LogP contribution in [0.5, 0.6) is 0 Å². The minimum Gasteiger partial charge on any atom is -0.545 e. The van der Waals surface area contributed by atoms with Crippen LogP contribution in [-0.2, 0) is 6.42 Å². The van der Waals surface area contributed by atoms with E-state index in [4.69, 9.17) is 5.26 Å². The van der Waals surface area contributed by atoms with Gasteiger partial charge in [-0.1, -0.05) is 13.0 Å². The Morgan fingerprint density at radius 2 is 2.21 bits per heavy atom. The van der Waals surface area contributed by atoms with Crippen LogP contribution in [0.2, 0.25) is 0 Å². The van der Waals surface area contributed by atoms with Crippen molar-refractivity contribution in [2.24, 2.45) is 0 Å². The van der Waals surface area contributed by atoms with Gasteiger partial charge in [-0.05, 0) is 24.1 Å². The molecule has 0 spiro atoms. The van der Waals surface area contributed by atoms with Crippen molar-refractivity contribution in [1.82, 2.24) is 0 Å². The van der Waals surface area contributed by atoms with E-state index in [0.717, 1.165) is 0 Å². The average Bonchev–Trinajstić information content (AvgIpc) is 2.16. The molecular formula is C10H8KNO2. The fraction of sp³-hybridized carbons (Fsp3) is 0.200. The average molecular weight is 213 g/mol. The molecular weight excluding hydrogens is 205 g/mol. The summed E-state index contributed by atoms with van der Waals surface area (Å²) in [5.41, 5.74) is 1.28. The summed E-state index contributed by atoms with van der Waals surface area (Å²) in [6.45, 7) is 1.84. The summed E-state index contributed by atoms with van der Waals surface area (Å²) in [5, 5.41) is 19.2. The molecule has 1 rings (SSSR count). The first-order valence-corrected chi connectivity index (χ1v) is 3.93. The minimum atomic E-state index is -1.19. The van der Waals surface area contributed by atoms with Crippen molar-refractivity contribution in [2.75, 3.05) is 0 Å². The zero-order valence-corrected chi connectivity index (χ0v) is 11.3. The zero-order chi connectivity index (χ0) is 9.84. The molecule has 1 aromatic carbocycles. The van der Waals surface area contributed by atoms with Crippen LogP contribution >= 0.6 is 0 Å². The van der Waals surface area contributed by atoms with Crippen LogP contribution in [-0.4, -0.2) is 5.97 Å². The van der Waals surface area contributed by atoms with Gasteiger partial charge < -0.3 is 9.90 Å². The van der Waals surface area contributed by atoms with Crippen molar-refractivity contribution in [2.45, 2.75) is 13.3 Å². The third-order valence-corrected chi connectivity index (χ3v) is 1.84. The number of hydrogen-bond donors (Lipinski definition) is 0. The number of benzene rings is 1. The van der Waals surface area contributed by atoms with Crippen molar-refractivity contribution in [3.05, 3.63) is 34.9 Å². The van der Waals surface area contributed by atoms with Crippen LogP contribution in [0.3, 0.4) is 0 Å². The third-order valence-electron chi connectivity index (χ3n) is 1.84. The summed E-state index contributed by atoms with van der Waals surface area (Å²) in [6, 6.07) is 6.41. The van der Waals surface area contributed by atoms with E-state index in [1.807, 2.05) is 13.0 Å². The number of carboxylic acid groups (broad SMARTS) is 1. The maximum atomic E-state index is 10.6. The predicted molar refractivity (Wildman–Crippen MR) is 44.9 cm³/mol. The second-order valence-electron chi connectivity index (χ2n) is 2.62. The summed E-state index contributed by atoms with van der Waals surface area (Å²) >= 11 is 0. The molecule has 0 unspecified atom stereocenters. The predicted octanol–water partition coefficient (Wildman–Crippen LogP) is -2.51. The fourth-order valence-corrected chi connectivity index (χ4v) is 1.15. The van der Waals surface area contributed by atoms with Crippen LogP contribution in [0.4, 0.5) is 0 Å². The maximum absolute atomic E-state index is 10.6. The van der Waals surface area contributed by atoms with Gasteiger partial charge in [-0.15, -0.1) is 0 Å². The van der Waals surface area contributed by atoms with E-state index < -0.39 is 5.97 Å². The Balaban J connectivity index is 0.00000169. The van der Waals surface area contributed by atoms with Gasteiger partial charge in [-0.3, -0.25) is 0 Å². The third kappa shape index (κ3) is 3.19. The second-order valence-corrected chi connectivity index (χ2v) is 2.62. The summed E-state index contributed by atoms with van der Waals surface area (Å²) in [5.74, 6) is -1.19. The summed E-state index contributed by atoms with van der Waals surface area (Å²) in [4.78, 5) is 10.6. The molecule has 4 heteroatoms. The van der Waals surface area contributed by atoms with Gasteiger partial charge in [-0.2, -0.15) is 5.26 Å². The molecule has 0 aromatic heterocycles. The van der Waals surface area contributed by atoms with Gasteiger partial charge in [0.05, 0.1) is 17.6 Å². The molecule has 0 amide bonds. The first kappa shape index (κ1) is 13.8. The van der Waals surface area contributed by atoms with E-state index in [-0.39, 0.29) is 56.9 Å². The number of carbonyl (C=O) groups excluding carboxylic acids is 1. The maximum Gasteiger partial charge on any atom is 1.00 e. The van der Waals surface area contributed by atoms with E-state index in [1.54, 1.807) is 6.07 Å². The van der Waals surface area contributed by atoms with E-state index in [0.29, 0.717) is 17.5 Å². The molecule has 0 radical (unpaired) electrons. The molecule has 0 bridgehead atoms. The van der Waals surface area contributed by atoms with Crippen LogP contribution in [0.1, 0.15) is 28.4 Å². The molecule has 0 N–H and O–H groups in total. The molecule has 0 atom stereocenters. The zero-order valence-electron chi connectivity index (χ0n) is 8.20. The van der Waals surface area contributed by atoms with E-state index in [1.165, 1.54) is 12.1 Å². The molecule has 3 nitrogen and oxygen atoms in total. The fourth-order valence-electron chi connectivity index (χ4n) is 1.15. The van der Waals surface area contributed by atoms with Crippen LogP contribution in [0.15, 0.2) is 18.2 Å². The number of rotatable bonds is 2. The molecule has 0 aliphatic carbocycles. The van der Waals surface area contributed by atoms with Gasteiger partial charge >= 0.3 is 51.4 Å². The van der Waals surface area contributed by atoms with Gasteiger partial charge in [0.2, 0.25) is 0 Å². The largest absolute Gasteiger partial charge is 1.00 e. The van der Waals surface area contributed by atoms with Gasteiger partial charge in [0.25, 0.3) is 0 Å².